The lowest BCUT2D eigenvalue weighted by Gasteiger charge is -2.13. The molecule has 0 atom stereocenters. The van der Waals surface area contributed by atoms with Crippen LogP contribution in [0.15, 0.2) is 48.5 Å². The number of carbonyl (C=O) groups is 3. The summed E-state index contributed by atoms with van der Waals surface area (Å²) in [4.78, 5) is 38.6. The summed E-state index contributed by atoms with van der Waals surface area (Å²) in [6.07, 6.45) is 0.0981. The summed E-state index contributed by atoms with van der Waals surface area (Å²) >= 11 is 7.12. The van der Waals surface area contributed by atoms with Crippen molar-refractivity contribution >= 4 is 51.9 Å². The van der Waals surface area contributed by atoms with Gasteiger partial charge in [-0.1, -0.05) is 11.6 Å². The predicted molar refractivity (Wildman–Crippen MR) is 124 cm³/mol. The number of rotatable bonds is 8. The molecule has 2 aromatic carbocycles. The zero-order valence-electron chi connectivity index (χ0n) is 17.3. The normalized spacial score (nSPS) is 10.5. The lowest BCUT2D eigenvalue weighted by atomic mass is 10.1. The van der Waals surface area contributed by atoms with Crippen LogP contribution >= 0.6 is 22.9 Å². The third kappa shape index (κ3) is 5.93. The zero-order valence-corrected chi connectivity index (χ0v) is 18.9. The van der Waals surface area contributed by atoms with Gasteiger partial charge in [0.05, 0.1) is 23.2 Å². The molecule has 0 bridgehead atoms. The number of amides is 2. The minimum Gasteiger partial charge on any atom is -0.495 e. The first-order valence-corrected chi connectivity index (χ1v) is 10.8. The van der Waals surface area contributed by atoms with E-state index in [9.17, 15) is 18.8 Å². The highest BCUT2D eigenvalue weighted by atomic mass is 35.5. The number of anilines is 2. The lowest BCUT2D eigenvalue weighted by Crippen LogP contribution is -2.16. The Hall–Kier alpha value is -3.23. The molecule has 0 spiro atoms. The number of ether oxygens (including phenoxy) is 1. The molecule has 3 rings (SSSR count). The molecular weight excluding hydrogens is 455 g/mol. The molecule has 0 aliphatic rings. The Balaban J connectivity index is 1.66. The maximum atomic E-state index is 14.1. The number of nitrogens with one attached hydrogen (secondary N) is 2. The molecule has 9 heteroatoms. The second-order valence-electron chi connectivity index (χ2n) is 6.88. The fourth-order valence-corrected chi connectivity index (χ4v) is 3.90. The largest absolute Gasteiger partial charge is 0.495 e. The van der Waals surface area contributed by atoms with Gasteiger partial charge in [0.2, 0.25) is 5.91 Å². The van der Waals surface area contributed by atoms with Gasteiger partial charge in [-0.3, -0.25) is 14.4 Å². The fourth-order valence-electron chi connectivity index (χ4n) is 2.90. The van der Waals surface area contributed by atoms with Gasteiger partial charge in [-0.05, 0) is 55.5 Å². The summed E-state index contributed by atoms with van der Waals surface area (Å²) < 4.78 is 19.3. The van der Waals surface area contributed by atoms with Gasteiger partial charge in [-0.25, -0.2) is 4.39 Å². The summed E-state index contributed by atoms with van der Waals surface area (Å²) in [5, 5.41) is 5.44. The maximum absolute atomic E-state index is 14.1. The van der Waals surface area contributed by atoms with E-state index in [0.717, 1.165) is 10.9 Å². The molecule has 6 nitrogen and oxygen atoms in total. The quantitative estimate of drug-likeness (QED) is 0.409. The van der Waals surface area contributed by atoms with E-state index in [1.54, 1.807) is 18.2 Å². The highest BCUT2D eigenvalue weighted by Gasteiger charge is 2.16. The monoisotopic (exact) mass is 474 g/mol. The molecule has 2 N–H and O–H groups in total. The number of methoxy groups -OCH3 is 1. The lowest BCUT2D eigenvalue weighted by molar-refractivity contribution is -0.116. The molecule has 0 radical (unpaired) electrons. The van der Waals surface area contributed by atoms with E-state index >= 15 is 0 Å². The van der Waals surface area contributed by atoms with Crippen molar-refractivity contribution in [3.63, 3.8) is 0 Å². The molecule has 166 valence electrons. The molecule has 0 fully saturated rings. The van der Waals surface area contributed by atoms with E-state index in [1.807, 2.05) is 13.0 Å². The molecule has 3 aromatic rings. The van der Waals surface area contributed by atoms with Crippen LogP contribution < -0.4 is 15.4 Å². The van der Waals surface area contributed by atoms with Crippen molar-refractivity contribution in [2.24, 2.45) is 0 Å². The molecule has 0 unspecified atom stereocenters. The zero-order chi connectivity index (χ0) is 23.3. The topological polar surface area (TPSA) is 84.5 Å². The average molecular weight is 475 g/mol. The van der Waals surface area contributed by atoms with Gasteiger partial charge in [-0.2, -0.15) is 0 Å². The number of benzene rings is 2. The maximum Gasteiger partial charge on any atom is 0.258 e. The van der Waals surface area contributed by atoms with Crippen LogP contribution in [0.2, 0.25) is 5.02 Å². The molecule has 1 aromatic heterocycles. The molecule has 0 aliphatic heterocycles. The van der Waals surface area contributed by atoms with Gasteiger partial charge < -0.3 is 15.4 Å². The van der Waals surface area contributed by atoms with Gasteiger partial charge in [0.1, 0.15) is 11.6 Å². The summed E-state index contributed by atoms with van der Waals surface area (Å²) in [6, 6.07) is 12.0. The first-order chi connectivity index (χ1) is 15.3. The van der Waals surface area contributed by atoms with Gasteiger partial charge in [0.25, 0.3) is 5.91 Å². The van der Waals surface area contributed by atoms with E-state index in [1.165, 1.54) is 36.6 Å². The third-order valence-corrected chi connectivity index (χ3v) is 5.78. The minimum atomic E-state index is -0.760. The summed E-state index contributed by atoms with van der Waals surface area (Å²) in [5.74, 6) is -1.57. The van der Waals surface area contributed by atoms with Gasteiger partial charge in [0.15, 0.2) is 5.78 Å². The summed E-state index contributed by atoms with van der Waals surface area (Å²) in [7, 11) is 1.42. The van der Waals surface area contributed by atoms with Gasteiger partial charge in [-0.15, -0.1) is 11.3 Å². The average Bonchev–Trinajstić information content (AvgIpc) is 3.18. The third-order valence-electron chi connectivity index (χ3n) is 4.50. The van der Waals surface area contributed by atoms with E-state index in [0.29, 0.717) is 16.3 Å². The molecule has 0 aliphatic carbocycles. The van der Waals surface area contributed by atoms with Crippen LogP contribution in [0.3, 0.4) is 0 Å². The number of halogens is 2. The highest BCUT2D eigenvalue weighted by Crippen LogP contribution is 2.29. The van der Waals surface area contributed by atoms with Crippen molar-refractivity contribution < 1.29 is 23.5 Å². The molecule has 2 amide bonds. The summed E-state index contributed by atoms with van der Waals surface area (Å²) in [5.41, 5.74) is 0.449. The first kappa shape index (κ1) is 23.4. The van der Waals surface area contributed by atoms with Gasteiger partial charge >= 0.3 is 0 Å². The Morgan fingerprint density at radius 3 is 2.47 bits per heavy atom. The van der Waals surface area contributed by atoms with Crippen molar-refractivity contribution in [3.8, 4) is 5.75 Å². The number of ketones is 1. The van der Waals surface area contributed by atoms with Crippen molar-refractivity contribution in [2.45, 2.75) is 19.8 Å². The van der Waals surface area contributed by atoms with Crippen LogP contribution in [-0.2, 0) is 4.79 Å². The second kappa shape index (κ2) is 10.4. The molecule has 1 heterocycles. The number of thiophene rings is 1. The Kier molecular flexibility index (Phi) is 7.61. The number of hydrogen-bond donors (Lipinski definition) is 2. The van der Waals surface area contributed by atoms with E-state index in [2.05, 4.69) is 10.6 Å². The van der Waals surface area contributed by atoms with Crippen LogP contribution in [-0.4, -0.2) is 24.7 Å². The van der Waals surface area contributed by atoms with Crippen LogP contribution in [0.5, 0.6) is 5.75 Å². The Morgan fingerprint density at radius 2 is 1.81 bits per heavy atom. The Morgan fingerprint density at radius 1 is 1.03 bits per heavy atom. The summed E-state index contributed by atoms with van der Waals surface area (Å²) in [6.45, 7) is 1.91. The van der Waals surface area contributed by atoms with Crippen molar-refractivity contribution in [1.29, 1.82) is 0 Å². The number of carbonyl (C=O) groups excluding carboxylic acids is 3. The number of aryl methyl sites for hydroxylation is 1. The minimum absolute atomic E-state index is 0.0134. The van der Waals surface area contributed by atoms with Crippen molar-refractivity contribution in [1.82, 2.24) is 0 Å². The number of hydrogen-bond acceptors (Lipinski definition) is 5. The van der Waals surface area contributed by atoms with Gasteiger partial charge in [0, 0.05) is 28.4 Å². The van der Waals surface area contributed by atoms with Crippen LogP contribution in [0, 0.1) is 12.7 Å². The Labute approximate surface area is 193 Å². The molecule has 32 heavy (non-hydrogen) atoms. The van der Waals surface area contributed by atoms with Crippen molar-refractivity contribution in [3.05, 3.63) is 74.7 Å². The van der Waals surface area contributed by atoms with Crippen LogP contribution in [0.4, 0.5) is 15.8 Å². The van der Waals surface area contributed by atoms with E-state index in [-0.39, 0.29) is 40.8 Å². The molecular formula is C23H20ClFN2O4S. The van der Waals surface area contributed by atoms with Crippen molar-refractivity contribution in [2.75, 3.05) is 17.7 Å². The molecule has 0 saturated heterocycles. The first-order valence-electron chi connectivity index (χ1n) is 9.60. The number of Topliss-reactive ketones (excluding diaryl/α,β-unsaturated/α-hetero) is 1. The smallest absolute Gasteiger partial charge is 0.258 e. The standard InChI is InChI=1S/C23H20ClFN2O4S/c1-13-3-9-21(32-13)19(28)7-10-22(29)26-15-5-8-20(31-2)18(12-15)27-23(30)16-6-4-14(24)11-17(16)25/h3-6,8-9,11-12H,7,10H2,1-2H3,(H,26,29)(H,27,30). The highest BCUT2D eigenvalue weighted by molar-refractivity contribution is 7.14. The second-order valence-corrected chi connectivity index (χ2v) is 8.60. The van der Waals surface area contributed by atoms with E-state index < -0.39 is 11.7 Å². The Bertz CT molecular complexity index is 1180. The molecule has 0 saturated carbocycles. The van der Waals surface area contributed by atoms with E-state index in [4.69, 9.17) is 16.3 Å². The van der Waals surface area contributed by atoms with Crippen LogP contribution in [0.25, 0.3) is 0 Å². The fraction of sp³-hybridized carbons (Fsp3) is 0.174. The SMILES string of the molecule is COc1ccc(NC(=O)CCC(=O)c2ccc(C)s2)cc1NC(=O)c1ccc(Cl)cc1F. The van der Waals surface area contributed by atoms with Crippen LogP contribution in [0.1, 0.15) is 37.7 Å². The predicted octanol–water partition coefficient (Wildman–Crippen LogP) is 5.71.